The Labute approximate surface area is 203 Å². The minimum absolute atomic E-state index is 0.207. The van der Waals surface area contributed by atoms with Crippen LogP contribution < -0.4 is 16.0 Å². The fraction of sp³-hybridized carbons (Fsp3) is 0.292. The van der Waals surface area contributed by atoms with Crippen molar-refractivity contribution in [2.24, 2.45) is 0 Å². The van der Waals surface area contributed by atoms with Gasteiger partial charge in [0, 0.05) is 17.2 Å². The van der Waals surface area contributed by atoms with Crippen molar-refractivity contribution < 1.29 is 9.59 Å². The summed E-state index contributed by atoms with van der Waals surface area (Å²) in [6.07, 6.45) is 0. The van der Waals surface area contributed by atoms with E-state index in [-0.39, 0.29) is 17.9 Å². The van der Waals surface area contributed by atoms with E-state index in [1.165, 1.54) is 6.07 Å². The second-order valence-corrected chi connectivity index (χ2v) is 9.67. The van der Waals surface area contributed by atoms with Gasteiger partial charge >= 0.3 is 6.03 Å². The standard InChI is InChI=1S/C24H27Cl2N5O2/c1-14-6-9-19(15(2)10-14)31-21(12-20(30-31)24(3,4)5)29-22(32)13-27-23(33)28-16-7-8-17(25)18(26)11-16/h6-12H,13H2,1-5H3,(H,29,32)(H2,27,28,33). The van der Waals surface area contributed by atoms with Crippen LogP contribution >= 0.6 is 23.2 Å². The largest absolute Gasteiger partial charge is 0.329 e. The van der Waals surface area contributed by atoms with Crippen LogP contribution in [0, 0.1) is 13.8 Å². The molecule has 0 fully saturated rings. The smallest absolute Gasteiger partial charge is 0.319 e. The summed E-state index contributed by atoms with van der Waals surface area (Å²) in [4.78, 5) is 24.8. The molecule has 1 aromatic heterocycles. The van der Waals surface area contributed by atoms with Gasteiger partial charge in [-0.05, 0) is 43.7 Å². The van der Waals surface area contributed by atoms with Crippen LogP contribution in [-0.4, -0.2) is 28.3 Å². The minimum atomic E-state index is -0.540. The van der Waals surface area contributed by atoms with Gasteiger partial charge < -0.3 is 16.0 Å². The highest BCUT2D eigenvalue weighted by molar-refractivity contribution is 6.42. The molecule has 3 amide bonds. The zero-order chi connectivity index (χ0) is 24.3. The Kier molecular flexibility index (Phi) is 7.34. The Bertz CT molecular complexity index is 1200. The molecule has 0 unspecified atom stereocenters. The van der Waals surface area contributed by atoms with Crippen LogP contribution in [0.3, 0.4) is 0 Å². The Hall–Kier alpha value is -3.03. The first-order valence-electron chi connectivity index (χ1n) is 10.4. The summed E-state index contributed by atoms with van der Waals surface area (Å²) in [5, 5.41) is 13.5. The average Bonchev–Trinajstić information content (AvgIpc) is 3.13. The number of carbonyl (C=O) groups is 2. The van der Waals surface area contributed by atoms with Crippen LogP contribution in [0.1, 0.15) is 37.6 Å². The van der Waals surface area contributed by atoms with E-state index in [0.29, 0.717) is 21.6 Å². The van der Waals surface area contributed by atoms with Crippen LogP contribution in [0.5, 0.6) is 0 Å². The summed E-state index contributed by atoms with van der Waals surface area (Å²) < 4.78 is 1.73. The maximum atomic E-state index is 12.6. The normalized spacial score (nSPS) is 11.2. The van der Waals surface area contributed by atoms with Crippen molar-refractivity contribution in [2.45, 2.75) is 40.0 Å². The molecule has 0 aliphatic carbocycles. The summed E-state index contributed by atoms with van der Waals surface area (Å²) in [5.74, 6) is 0.147. The number of hydrogen-bond donors (Lipinski definition) is 3. The molecule has 7 nitrogen and oxygen atoms in total. The highest BCUT2D eigenvalue weighted by atomic mass is 35.5. The molecule has 33 heavy (non-hydrogen) atoms. The van der Waals surface area contributed by atoms with Gasteiger partial charge in [-0.1, -0.05) is 61.7 Å². The van der Waals surface area contributed by atoms with Crippen molar-refractivity contribution in [3.05, 3.63) is 69.3 Å². The lowest BCUT2D eigenvalue weighted by atomic mass is 9.92. The predicted molar refractivity (Wildman–Crippen MR) is 134 cm³/mol. The van der Waals surface area contributed by atoms with E-state index in [1.54, 1.807) is 16.8 Å². The molecule has 0 aliphatic rings. The monoisotopic (exact) mass is 487 g/mol. The number of aromatic nitrogens is 2. The van der Waals surface area contributed by atoms with Crippen molar-refractivity contribution in [2.75, 3.05) is 17.2 Å². The molecule has 174 valence electrons. The third-order valence-corrected chi connectivity index (χ3v) is 5.65. The van der Waals surface area contributed by atoms with Gasteiger partial charge in [-0.15, -0.1) is 0 Å². The van der Waals surface area contributed by atoms with Crippen LogP contribution in [0.25, 0.3) is 5.69 Å². The second-order valence-electron chi connectivity index (χ2n) is 8.85. The fourth-order valence-electron chi connectivity index (χ4n) is 3.16. The first kappa shape index (κ1) is 24.6. The molecule has 3 N–H and O–H groups in total. The van der Waals surface area contributed by atoms with Gasteiger partial charge in [0.2, 0.25) is 5.91 Å². The molecule has 0 atom stereocenters. The second kappa shape index (κ2) is 9.85. The molecule has 0 bridgehead atoms. The molecule has 0 saturated heterocycles. The zero-order valence-electron chi connectivity index (χ0n) is 19.2. The highest BCUT2D eigenvalue weighted by Crippen LogP contribution is 2.28. The molecule has 0 spiro atoms. The maximum Gasteiger partial charge on any atom is 0.319 e. The molecular formula is C24H27Cl2N5O2. The Balaban J connectivity index is 1.72. The van der Waals surface area contributed by atoms with Crippen LogP contribution in [0.2, 0.25) is 10.0 Å². The quantitative estimate of drug-likeness (QED) is 0.421. The van der Waals surface area contributed by atoms with Gasteiger partial charge in [0.1, 0.15) is 5.82 Å². The van der Waals surface area contributed by atoms with Gasteiger partial charge in [-0.25, -0.2) is 9.48 Å². The maximum absolute atomic E-state index is 12.6. The van der Waals surface area contributed by atoms with Gasteiger partial charge in [0.05, 0.1) is 28.0 Å². The first-order chi connectivity index (χ1) is 15.4. The molecule has 0 radical (unpaired) electrons. The number of hydrogen-bond acceptors (Lipinski definition) is 3. The topological polar surface area (TPSA) is 88.1 Å². The highest BCUT2D eigenvalue weighted by Gasteiger charge is 2.22. The number of halogens is 2. The average molecular weight is 488 g/mol. The van der Waals surface area contributed by atoms with E-state index in [1.807, 2.05) is 32.0 Å². The summed E-state index contributed by atoms with van der Waals surface area (Å²) in [6.45, 7) is 9.97. The number of urea groups is 1. The van der Waals surface area contributed by atoms with E-state index < -0.39 is 6.03 Å². The lowest BCUT2D eigenvalue weighted by molar-refractivity contribution is -0.115. The van der Waals surface area contributed by atoms with Crippen molar-refractivity contribution >= 4 is 46.6 Å². The van der Waals surface area contributed by atoms with E-state index in [0.717, 1.165) is 22.5 Å². The number of carbonyl (C=O) groups excluding carboxylic acids is 2. The number of amides is 3. The number of nitrogens with zero attached hydrogens (tertiary/aromatic N) is 2. The lowest BCUT2D eigenvalue weighted by Gasteiger charge is -2.14. The summed E-state index contributed by atoms with van der Waals surface area (Å²) in [5.41, 5.74) is 4.14. The van der Waals surface area contributed by atoms with Crippen LogP contribution in [-0.2, 0) is 10.2 Å². The van der Waals surface area contributed by atoms with Gasteiger partial charge in [0.25, 0.3) is 0 Å². The molecule has 1 heterocycles. The van der Waals surface area contributed by atoms with E-state index in [2.05, 4.69) is 42.8 Å². The predicted octanol–water partition coefficient (Wildman–Crippen LogP) is 5.85. The summed E-state index contributed by atoms with van der Waals surface area (Å²) in [7, 11) is 0. The van der Waals surface area contributed by atoms with Crippen molar-refractivity contribution in [3.63, 3.8) is 0 Å². The van der Waals surface area contributed by atoms with Crippen molar-refractivity contribution in [1.82, 2.24) is 15.1 Å². The zero-order valence-corrected chi connectivity index (χ0v) is 20.7. The summed E-state index contributed by atoms with van der Waals surface area (Å²) in [6, 6.07) is 12.1. The first-order valence-corrected chi connectivity index (χ1v) is 11.2. The molecule has 0 saturated carbocycles. The van der Waals surface area contributed by atoms with Gasteiger partial charge in [-0.2, -0.15) is 5.10 Å². The van der Waals surface area contributed by atoms with Crippen molar-refractivity contribution in [3.8, 4) is 5.69 Å². The van der Waals surface area contributed by atoms with E-state index in [4.69, 9.17) is 28.3 Å². The minimum Gasteiger partial charge on any atom is -0.329 e. The fourth-order valence-corrected chi connectivity index (χ4v) is 3.46. The number of rotatable bonds is 5. The third kappa shape index (κ3) is 6.27. The molecule has 2 aromatic carbocycles. The van der Waals surface area contributed by atoms with Gasteiger partial charge in [0.15, 0.2) is 0 Å². The van der Waals surface area contributed by atoms with Crippen LogP contribution in [0.15, 0.2) is 42.5 Å². The third-order valence-electron chi connectivity index (χ3n) is 4.91. The van der Waals surface area contributed by atoms with Gasteiger partial charge in [-0.3, -0.25) is 4.79 Å². The molecule has 0 aliphatic heterocycles. The molecule has 9 heteroatoms. The molecule has 3 rings (SSSR count). The Morgan fingerprint density at radius 2 is 1.70 bits per heavy atom. The molecular weight excluding hydrogens is 461 g/mol. The van der Waals surface area contributed by atoms with Crippen LogP contribution in [0.4, 0.5) is 16.3 Å². The number of aryl methyl sites for hydroxylation is 2. The Morgan fingerprint density at radius 3 is 2.33 bits per heavy atom. The van der Waals surface area contributed by atoms with E-state index >= 15 is 0 Å². The number of benzene rings is 2. The number of nitrogens with one attached hydrogen (secondary N) is 3. The molecule has 3 aromatic rings. The Morgan fingerprint density at radius 1 is 0.970 bits per heavy atom. The van der Waals surface area contributed by atoms with E-state index in [9.17, 15) is 9.59 Å². The lowest BCUT2D eigenvalue weighted by Crippen LogP contribution is -2.36. The van der Waals surface area contributed by atoms with Crippen molar-refractivity contribution in [1.29, 1.82) is 0 Å². The SMILES string of the molecule is Cc1ccc(-n2nc(C(C)(C)C)cc2NC(=O)CNC(=O)Nc2ccc(Cl)c(Cl)c2)c(C)c1. The number of anilines is 2. The summed E-state index contributed by atoms with van der Waals surface area (Å²) >= 11 is 11.8.